The molecule has 0 bridgehead atoms. The van der Waals surface area contributed by atoms with Crippen molar-refractivity contribution in [2.24, 2.45) is 0 Å². The van der Waals surface area contributed by atoms with Crippen molar-refractivity contribution in [1.29, 1.82) is 0 Å². The van der Waals surface area contributed by atoms with E-state index in [2.05, 4.69) is 36.6 Å². The Morgan fingerprint density at radius 2 is 2.41 bits per heavy atom. The number of anilines is 1. The van der Waals surface area contributed by atoms with Gasteiger partial charge in [-0.1, -0.05) is 0 Å². The first-order valence-electron chi connectivity index (χ1n) is 5.80. The fourth-order valence-corrected chi connectivity index (χ4v) is 2.40. The van der Waals surface area contributed by atoms with Crippen LogP contribution < -0.4 is 10.6 Å². The number of fused-ring (bicyclic) bond motifs is 1. The predicted molar refractivity (Wildman–Crippen MR) is 70.2 cm³/mol. The SMILES string of the molecule is Brc1ccc2nc(NC3CCCNC3)nn2c1. The largest absolute Gasteiger partial charge is 0.349 e. The standard InChI is InChI=1S/C11H14BrN5/c12-8-3-4-10-15-11(16-17(10)7-8)14-9-2-1-5-13-6-9/h3-4,7,9,13H,1-2,5-6H2,(H,14,16). The second-order valence-electron chi connectivity index (χ2n) is 4.27. The molecule has 0 saturated carbocycles. The smallest absolute Gasteiger partial charge is 0.243 e. The van der Waals surface area contributed by atoms with Crippen LogP contribution in [0.5, 0.6) is 0 Å². The van der Waals surface area contributed by atoms with Gasteiger partial charge in [0.1, 0.15) is 0 Å². The Kier molecular flexibility index (Phi) is 2.98. The lowest BCUT2D eigenvalue weighted by Gasteiger charge is -2.22. The Labute approximate surface area is 108 Å². The molecule has 0 amide bonds. The zero-order chi connectivity index (χ0) is 11.7. The molecule has 0 aliphatic carbocycles. The van der Waals surface area contributed by atoms with Crippen molar-refractivity contribution in [3.8, 4) is 0 Å². The van der Waals surface area contributed by atoms with Gasteiger partial charge in [-0.2, -0.15) is 4.98 Å². The maximum atomic E-state index is 4.44. The van der Waals surface area contributed by atoms with Crippen molar-refractivity contribution in [3.63, 3.8) is 0 Å². The molecule has 3 heterocycles. The fourth-order valence-electron chi connectivity index (χ4n) is 2.08. The van der Waals surface area contributed by atoms with Gasteiger partial charge in [-0.25, -0.2) is 4.52 Å². The number of pyridine rings is 1. The number of nitrogens with one attached hydrogen (secondary N) is 2. The lowest BCUT2D eigenvalue weighted by molar-refractivity contribution is 0.478. The van der Waals surface area contributed by atoms with Gasteiger partial charge in [0.2, 0.25) is 5.95 Å². The van der Waals surface area contributed by atoms with E-state index in [1.807, 2.05) is 18.3 Å². The van der Waals surface area contributed by atoms with Crippen LogP contribution in [0.15, 0.2) is 22.8 Å². The highest BCUT2D eigenvalue weighted by atomic mass is 79.9. The van der Waals surface area contributed by atoms with Crippen LogP contribution in [0.3, 0.4) is 0 Å². The third kappa shape index (κ3) is 2.42. The maximum Gasteiger partial charge on any atom is 0.243 e. The van der Waals surface area contributed by atoms with Crippen LogP contribution in [0.2, 0.25) is 0 Å². The monoisotopic (exact) mass is 295 g/mol. The van der Waals surface area contributed by atoms with Crippen LogP contribution in [-0.2, 0) is 0 Å². The summed E-state index contributed by atoms with van der Waals surface area (Å²) in [5.74, 6) is 0.705. The first-order chi connectivity index (χ1) is 8.31. The van der Waals surface area contributed by atoms with Gasteiger partial charge in [-0.3, -0.25) is 0 Å². The Morgan fingerprint density at radius 1 is 1.47 bits per heavy atom. The average molecular weight is 296 g/mol. The summed E-state index contributed by atoms with van der Waals surface area (Å²) in [6.45, 7) is 2.10. The summed E-state index contributed by atoms with van der Waals surface area (Å²) in [6, 6.07) is 4.35. The molecule has 1 saturated heterocycles. The van der Waals surface area contributed by atoms with Gasteiger partial charge >= 0.3 is 0 Å². The number of rotatable bonds is 2. The third-order valence-electron chi connectivity index (χ3n) is 2.92. The minimum Gasteiger partial charge on any atom is -0.349 e. The van der Waals surface area contributed by atoms with Crippen molar-refractivity contribution in [2.75, 3.05) is 18.4 Å². The maximum absolute atomic E-state index is 4.44. The lowest BCUT2D eigenvalue weighted by Crippen LogP contribution is -2.38. The summed E-state index contributed by atoms with van der Waals surface area (Å²) >= 11 is 3.42. The number of halogens is 1. The first kappa shape index (κ1) is 11.0. The molecule has 2 aromatic heterocycles. The zero-order valence-electron chi connectivity index (χ0n) is 9.36. The topological polar surface area (TPSA) is 54.2 Å². The minimum atomic E-state index is 0.435. The normalized spacial score (nSPS) is 20.6. The molecule has 1 fully saturated rings. The summed E-state index contributed by atoms with van der Waals surface area (Å²) < 4.78 is 2.78. The second-order valence-corrected chi connectivity index (χ2v) is 5.19. The van der Waals surface area contributed by atoms with Crippen LogP contribution in [0.4, 0.5) is 5.95 Å². The first-order valence-corrected chi connectivity index (χ1v) is 6.60. The van der Waals surface area contributed by atoms with Crippen LogP contribution in [0.25, 0.3) is 5.65 Å². The summed E-state index contributed by atoms with van der Waals surface area (Å²) in [5.41, 5.74) is 0.861. The lowest BCUT2D eigenvalue weighted by atomic mass is 10.1. The summed E-state index contributed by atoms with van der Waals surface area (Å²) in [6.07, 6.45) is 4.29. The molecule has 6 heteroatoms. The molecular weight excluding hydrogens is 282 g/mol. The van der Waals surface area contributed by atoms with E-state index < -0.39 is 0 Å². The molecule has 1 unspecified atom stereocenters. The fraction of sp³-hybridized carbons (Fsp3) is 0.455. The Balaban J connectivity index is 1.80. The van der Waals surface area contributed by atoms with Gasteiger partial charge in [-0.15, -0.1) is 5.10 Å². The molecule has 0 spiro atoms. The van der Waals surface area contributed by atoms with Crippen molar-refractivity contribution < 1.29 is 0 Å². The molecule has 1 aliphatic rings. The van der Waals surface area contributed by atoms with Crippen LogP contribution in [-0.4, -0.2) is 33.7 Å². The van der Waals surface area contributed by atoms with Crippen molar-refractivity contribution in [1.82, 2.24) is 19.9 Å². The zero-order valence-corrected chi connectivity index (χ0v) is 10.9. The highest BCUT2D eigenvalue weighted by Crippen LogP contribution is 2.13. The van der Waals surface area contributed by atoms with Crippen LogP contribution in [0, 0.1) is 0 Å². The van der Waals surface area contributed by atoms with E-state index in [0.717, 1.165) is 23.2 Å². The number of hydrogen-bond donors (Lipinski definition) is 2. The van der Waals surface area contributed by atoms with E-state index in [1.54, 1.807) is 4.52 Å². The Bertz CT molecular complexity index is 518. The van der Waals surface area contributed by atoms with Gasteiger partial charge in [0, 0.05) is 23.3 Å². The number of aromatic nitrogens is 3. The molecular formula is C11H14BrN5. The molecule has 0 radical (unpaired) electrons. The summed E-state index contributed by atoms with van der Waals surface area (Å²) in [4.78, 5) is 4.44. The van der Waals surface area contributed by atoms with Crippen molar-refractivity contribution in [3.05, 3.63) is 22.8 Å². The van der Waals surface area contributed by atoms with Gasteiger partial charge < -0.3 is 10.6 Å². The molecule has 2 aromatic rings. The average Bonchev–Trinajstić information content (AvgIpc) is 2.71. The Hall–Kier alpha value is -1.14. The van der Waals surface area contributed by atoms with E-state index in [9.17, 15) is 0 Å². The van der Waals surface area contributed by atoms with E-state index in [1.165, 1.54) is 12.8 Å². The van der Waals surface area contributed by atoms with Crippen LogP contribution in [0.1, 0.15) is 12.8 Å². The second kappa shape index (κ2) is 4.62. The predicted octanol–water partition coefficient (Wildman–Crippen LogP) is 1.66. The molecule has 0 aromatic carbocycles. The summed E-state index contributed by atoms with van der Waals surface area (Å²) in [5, 5.41) is 11.1. The molecule has 1 atom stereocenters. The number of hydrogen-bond acceptors (Lipinski definition) is 4. The van der Waals surface area contributed by atoms with E-state index >= 15 is 0 Å². The van der Waals surface area contributed by atoms with Crippen molar-refractivity contribution in [2.45, 2.75) is 18.9 Å². The Morgan fingerprint density at radius 3 is 3.24 bits per heavy atom. The minimum absolute atomic E-state index is 0.435. The van der Waals surface area contributed by atoms with E-state index in [-0.39, 0.29) is 0 Å². The highest BCUT2D eigenvalue weighted by molar-refractivity contribution is 9.10. The molecule has 2 N–H and O–H groups in total. The van der Waals surface area contributed by atoms with Gasteiger partial charge in [0.05, 0.1) is 0 Å². The van der Waals surface area contributed by atoms with Crippen molar-refractivity contribution >= 4 is 27.5 Å². The highest BCUT2D eigenvalue weighted by Gasteiger charge is 2.14. The van der Waals surface area contributed by atoms with Crippen LogP contribution >= 0.6 is 15.9 Å². The molecule has 90 valence electrons. The molecule has 5 nitrogen and oxygen atoms in total. The number of nitrogens with zero attached hydrogens (tertiary/aromatic N) is 3. The van der Waals surface area contributed by atoms with Gasteiger partial charge in [-0.05, 0) is 47.4 Å². The number of piperidine rings is 1. The third-order valence-corrected chi connectivity index (χ3v) is 3.39. The molecule has 17 heavy (non-hydrogen) atoms. The van der Waals surface area contributed by atoms with Gasteiger partial charge in [0.25, 0.3) is 0 Å². The van der Waals surface area contributed by atoms with E-state index in [0.29, 0.717) is 12.0 Å². The van der Waals surface area contributed by atoms with Gasteiger partial charge in [0.15, 0.2) is 5.65 Å². The van der Waals surface area contributed by atoms with E-state index in [4.69, 9.17) is 0 Å². The summed E-state index contributed by atoms with van der Waals surface area (Å²) in [7, 11) is 0. The quantitative estimate of drug-likeness (QED) is 0.885. The molecule has 1 aliphatic heterocycles. The molecule has 3 rings (SSSR count).